The number of amides is 2. The van der Waals surface area contributed by atoms with Gasteiger partial charge in [0, 0.05) is 23.7 Å². The second kappa shape index (κ2) is 8.18. The minimum absolute atomic E-state index is 0.0896. The summed E-state index contributed by atoms with van der Waals surface area (Å²) >= 11 is 11.9. The van der Waals surface area contributed by atoms with Gasteiger partial charge < -0.3 is 10.6 Å². The van der Waals surface area contributed by atoms with Crippen LogP contribution in [0.15, 0.2) is 60.7 Å². The van der Waals surface area contributed by atoms with E-state index in [1.165, 1.54) is 6.92 Å². The maximum Gasteiger partial charge on any atom is 0.323 e. The van der Waals surface area contributed by atoms with Crippen LogP contribution in [0.25, 0.3) is 22.0 Å². The van der Waals surface area contributed by atoms with Crippen LogP contribution in [0.3, 0.4) is 0 Å². The second-order valence-electron chi connectivity index (χ2n) is 6.68. The van der Waals surface area contributed by atoms with Gasteiger partial charge in [-0.2, -0.15) is 5.10 Å². The van der Waals surface area contributed by atoms with Gasteiger partial charge in [0.05, 0.1) is 15.6 Å². The van der Waals surface area contributed by atoms with E-state index in [0.29, 0.717) is 27.1 Å². The maximum atomic E-state index is 12.3. The van der Waals surface area contributed by atoms with Gasteiger partial charge in [-0.3, -0.25) is 9.89 Å². The van der Waals surface area contributed by atoms with Gasteiger partial charge in [-0.1, -0.05) is 41.4 Å². The molecule has 0 unspecified atom stereocenters. The maximum absolute atomic E-state index is 12.3. The number of carbonyl (C=O) groups excluding carboxylic acids is 2. The van der Waals surface area contributed by atoms with Crippen molar-refractivity contribution in [2.24, 2.45) is 0 Å². The number of aromatic amines is 1. The second-order valence-corrected chi connectivity index (χ2v) is 7.49. The molecule has 4 aromatic rings. The number of nitrogens with one attached hydrogen (secondary N) is 3. The average molecular weight is 439 g/mol. The summed E-state index contributed by atoms with van der Waals surface area (Å²) in [6, 6.07) is 17.6. The summed E-state index contributed by atoms with van der Waals surface area (Å²) in [5, 5.41) is 14.0. The molecule has 1 aromatic heterocycles. The molecule has 0 saturated heterocycles. The Morgan fingerprint density at radius 3 is 2.33 bits per heavy atom. The van der Waals surface area contributed by atoms with E-state index in [9.17, 15) is 9.59 Å². The van der Waals surface area contributed by atoms with Gasteiger partial charge in [-0.25, -0.2) is 4.79 Å². The summed E-state index contributed by atoms with van der Waals surface area (Å²) in [7, 11) is 0. The third kappa shape index (κ3) is 4.15. The number of fused-ring (bicyclic) bond motifs is 1. The molecule has 0 saturated carbocycles. The first kappa shape index (κ1) is 19.9. The van der Waals surface area contributed by atoms with Crippen LogP contribution in [0.4, 0.5) is 16.2 Å². The number of hydrogen-bond acceptors (Lipinski definition) is 3. The number of benzene rings is 3. The van der Waals surface area contributed by atoms with Gasteiger partial charge in [0.2, 0.25) is 0 Å². The number of hydrogen-bond donors (Lipinski definition) is 3. The molecule has 30 heavy (non-hydrogen) atoms. The molecule has 0 aliphatic rings. The molecular formula is C22H16Cl2N4O2. The smallest absolute Gasteiger partial charge is 0.308 e. The molecule has 3 N–H and O–H groups in total. The summed E-state index contributed by atoms with van der Waals surface area (Å²) in [4.78, 5) is 24.0. The number of rotatable bonds is 4. The monoisotopic (exact) mass is 438 g/mol. The lowest BCUT2D eigenvalue weighted by atomic mass is 10.0. The Labute approximate surface area is 182 Å². The number of urea groups is 1. The fourth-order valence-electron chi connectivity index (χ4n) is 3.11. The van der Waals surface area contributed by atoms with Crippen LogP contribution in [0.5, 0.6) is 0 Å². The number of carbonyl (C=O) groups is 2. The minimum atomic E-state index is -0.402. The molecule has 0 radical (unpaired) electrons. The van der Waals surface area contributed by atoms with E-state index in [0.717, 1.165) is 22.0 Å². The van der Waals surface area contributed by atoms with E-state index in [2.05, 4.69) is 20.8 Å². The summed E-state index contributed by atoms with van der Waals surface area (Å²) in [6.07, 6.45) is 0. The molecule has 6 nitrogen and oxygen atoms in total. The zero-order chi connectivity index (χ0) is 21.3. The Morgan fingerprint density at radius 2 is 1.60 bits per heavy atom. The fourth-order valence-corrected chi connectivity index (χ4v) is 3.41. The lowest BCUT2D eigenvalue weighted by Gasteiger charge is -2.10. The molecule has 0 spiro atoms. The molecule has 0 bridgehead atoms. The average Bonchev–Trinajstić information content (AvgIpc) is 3.14. The minimum Gasteiger partial charge on any atom is -0.308 e. The quantitative estimate of drug-likeness (QED) is 0.322. The Morgan fingerprint density at radius 1 is 0.867 bits per heavy atom. The van der Waals surface area contributed by atoms with Gasteiger partial charge in [-0.15, -0.1) is 0 Å². The Balaban J connectivity index is 1.53. The van der Waals surface area contributed by atoms with Crippen molar-refractivity contribution in [2.45, 2.75) is 6.92 Å². The Bertz CT molecular complexity index is 1280. The van der Waals surface area contributed by atoms with Crippen LogP contribution >= 0.6 is 23.2 Å². The van der Waals surface area contributed by atoms with Gasteiger partial charge in [0.25, 0.3) is 0 Å². The van der Waals surface area contributed by atoms with Gasteiger partial charge in [0.1, 0.15) is 5.69 Å². The summed E-state index contributed by atoms with van der Waals surface area (Å²) in [5.41, 5.74) is 4.18. The van der Waals surface area contributed by atoms with Crippen molar-refractivity contribution in [2.75, 3.05) is 10.6 Å². The van der Waals surface area contributed by atoms with E-state index in [-0.39, 0.29) is 5.78 Å². The third-order valence-electron chi connectivity index (χ3n) is 4.53. The molecule has 2 amide bonds. The van der Waals surface area contributed by atoms with Crippen molar-refractivity contribution in [1.29, 1.82) is 0 Å². The molecule has 0 aliphatic heterocycles. The Kier molecular flexibility index (Phi) is 5.44. The first-order chi connectivity index (χ1) is 14.4. The number of Topliss-reactive ketones (excluding diaryl/α,β-unsaturated/α-hetero) is 1. The molecule has 150 valence electrons. The first-order valence-corrected chi connectivity index (χ1v) is 9.79. The zero-order valence-electron chi connectivity index (χ0n) is 15.8. The van der Waals surface area contributed by atoms with Gasteiger partial charge in [-0.05, 0) is 53.6 Å². The topological polar surface area (TPSA) is 86.9 Å². The number of nitrogens with zero attached hydrogens (tertiary/aromatic N) is 1. The van der Waals surface area contributed by atoms with Crippen LogP contribution < -0.4 is 10.6 Å². The van der Waals surface area contributed by atoms with Crippen molar-refractivity contribution < 1.29 is 9.59 Å². The third-order valence-corrected chi connectivity index (χ3v) is 5.27. The number of aromatic nitrogens is 2. The predicted octanol–water partition coefficient (Wildman–Crippen LogP) is 6.38. The molecular weight excluding hydrogens is 423 g/mol. The highest BCUT2D eigenvalue weighted by Gasteiger charge is 2.11. The first-order valence-electron chi connectivity index (χ1n) is 9.03. The molecule has 0 fully saturated rings. The van der Waals surface area contributed by atoms with Crippen LogP contribution in [0, 0.1) is 0 Å². The highest BCUT2D eigenvalue weighted by molar-refractivity contribution is 6.42. The molecule has 8 heteroatoms. The number of ketones is 1. The summed E-state index contributed by atoms with van der Waals surface area (Å²) in [5.74, 6) is -0.0896. The fraction of sp³-hybridized carbons (Fsp3) is 0.0455. The van der Waals surface area contributed by atoms with E-state index in [4.69, 9.17) is 23.2 Å². The summed E-state index contributed by atoms with van der Waals surface area (Å²) in [6.45, 7) is 1.49. The predicted molar refractivity (Wildman–Crippen MR) is 121 cm³/mol. The standard InChI is InChI=1S/C22H16Cl2N4O2/c1-12(29)21-17-7-5-14(10-20(17)27-28-21)13-3-2-4-15(9-13)25-22(30)26-16-6-8-18(23)19(24)11-16/h2-11H,1H3,(H,27,28)(H2,25,26,30). The van der Waals surface area contributed by atoms with Crippen molar-refractivity contribution >= 4 is 57.3 Å². The number of anilines is 2. The van der Waals surface area contributed by atoms with E-state index in [1.807, 2.05) is 36.4 Å². The highest BCUT2D eigenvalue weighted by atomic mass is 35.5. The molecule has 3 aromatic carbocycles. The lowest BCUT2D eigenvalue weighted by molar-refractivity contribution is 0.101. The number of H-pyrrole nitrogens is 1. The van der Waals surface area contributed by atoms with Crippen molar-refractivity contribution in [1.82, 2.24) is 10.2 Å². The van der Waals surface area contributed by atoms with Crippen molar-refractivity contribution in [3.63, 3.8) is 0 Å². The normalized spacial score (nSPS) is 10.8. The van der Waals surface area contributed by atoms with Crippen LogP contribution in [-0.4, -0.2) is 22.0 Å². The molecule has 0 atom stereocenters. The van der Waals surface area contributed by atoms with E-state index >= 15 is 0 Å². The van der Waals surface area contributed by atoms with Crippen LogP contribution in [0.1, 0.15) is 17.4 Å². The zero-order valence-corrected chi connectivity index (χ0v) is 17.3. The van der Waals surface area contributed by atoms with Crippen molar-refractivity contribution in [3.8, 4) is 11.1 Å². The van der Waals surface area contributed by atoms with E-state index < -0.39 is 6.03 Å². The summed E-state index contributed by atoms with van der Waals surface area (Å²) < 4.78 is 0. The highest BCUT2D eigenvalue weighted by Crippen LogP contribution is 2.28. The van der Waals surface area contributed by atoms with Gasteiger partial charge >= 0.3 is 6.03 Å². The lowest BCUT2D eigenvalue weighted by Crippen LogP contribution is -2.19. The largest absolute Gasteiger partial charge is 0.323 e. The molecule has 4 rings (SSSR count). The van der Waals surface area contributed by atoms with E-state index in [1.54, 1.807) is 24.3 Å². The molecule has 0 aliphatic carbocycles. The Hall–Kier alpha value is -3.35. The van der Waals surface area contributed by atoms with Crippen molar-refractivity contribution in [3.05, 3.63) is 76.4 Å². The van der Waals surface area contributed by atoms with Gasteiger partial charge in [0.15, 0.2) is 5.78 Å². The van der Waals surface area contributed by atoms with Crippen LogP contribution in [-0.2, 0) is 0 Å². The van der Waals surface area contributed by atoms with Crippen LogP contribution in [0.2, 0.25) is 10.0 Å². The SMILES string of the molecule is CC(=O)c1n[nH]c2cc(-c3cccc(NC(=O)Nc4ccc(Cl)c(Cl)c4)c3)ccc12. The number of halogens is 2. The molecule has 1 heterocycles.